The summed E-state index contributed by atoms with van der Waals surface area (Å²) in [5.74, 6) is 0. The molecule has 0 radical (unpaired) electrons. The van der Waals surface area contributed by atoms with E-state index in [4.69, 9.17) is 5.73 Å². The number of hydrogen-bond donors (Lipinski definition) is 3. The van der Waals surface area contributed by atoms with Crippen LogP contribution in [-0.2, 0) is 0 Å². The number of fused-ring (bicyclic) bond motifs is 1. The summed E-state index contributed by atoms with van der Waals surface area (Å²) in [6, 6.07) is 0.137. The molecular weight excluding hydrogens is 234 g/mol. The van der Waals surface area contributed by atoms with Gasteiger partial charge in [-0.1, -0.05) is 0 Å². The number of aromatic amines is 2. The van der Waals surface area contributed by atoms with Crippen LogP contribution < -0.4 is 17.0 Å². The zero-order valence-corrected chi connectivity index (χ0v) is 10.1. The SMILES string of the molecule is Cc1[nH]nc2c1c(=O)[nH]c(=O)n2C1CCC(N)C1. The Labute approximate surface area is 102 Å². The first-order valence-corrected chi connectivity index (χ1v) is 6.03. The molecule has 7 nitrogen and oxygen atoms in total. The quantitative estimate of drug-likeness (QED) is 0.648. The average Bonchev–Trinajstić information content (AvgIpc) is 2.86. The lowest BCUT2D eigenvalue weighted by molar-refractivity contribution is 0.497. The second-order valence-corrected chi connectivity index (χ2v) is 4.90. The van der Waals surface area contributed by atoms with E-state index in [2.05, 4.69) is 15.2 Å². The van der Waals surface area contributed by atoms with Gasteiger partial charge in [0, 0.05) is 17.8 Å². The van der Waals surface area contributed by atoms with E-state index in [9.17, 15) is 9.59 Å². The van der Waals surface area contributed by atoms with Crippen molar-refractivity contribution < 1.29 is 0 Å². The van der Waals surface area contributed by atoms with Crippen molar-refractivity contribution in [2.45, 2.75) is 38.3 Å². The van der Waals surface area contributed by atoms with Crippen LogP contribution in [0.4, 0.5) is 0 Å². The van der Waals surface area contributed by atoms with E-state index < -0.39 is 5.69 Å². The molecule has 1 saturated carbocycles. The third-order valence-electron chi connectivity index (χ3n) is 3.63. The molecule has 2 aromatic rings. The summed E-state index contributed by atoms with van der Waals surface area (Å²) in [5, 5.41) is 7.30. The summed E-state index contributed by atoms with van der Waals surface area (Å²) in [6.07, 6.45) is 2.47. The molecule has 4 N–H and O–H groups in total. The second kappa shape index (κ2) is 3.81. The predicted octanol–water partition coefficient (Wildman–Crippen LogP) is -0.226. The molecule has 0 saturated heterocycles. The second-order valence-electron chi connectivity index (χ2n) is 4.90. The zero-order valence-electron chi connectivity index (χ0n) is 10.1. The third kappa shape index (κ3) is 1.51. The molecule has 1 fully saturated rings. The molecule has 0 bridgehead atoms. The van der Waals surface area contributed by atoms with Crippen molar-refractivity contribution in [3.8, 4) is 0 Å². The number of hydrogen-bond acceptors (Lipinski definition) is 4. The van der Waals surface area contributed by atoms with Gasteiger partial charge in [0.05, 0.1) is 0 Å². The van der Waals surface area contributed by atoms with Crippen molar-refractivity contribution in [1.82, 2.24) is 19.7 Å². The lowest BCUT2D eigenvalue weighted by Crippen LogP contribution is -2.32. The molecule has 1 aliphatic carbocycles. The molecule has 7 heteroatoms. The highest BCUT2D eigenvalue weighted by atomic mass is 16.2. The Balaban J connectivity index is 2.29. The molecule has 3 rings (SSSR count). The van der Waals surface area contributed by atoms with Gasteiger partial charge >= 0.3 is 5.69 Å². The topological polar surface area (TPSA) is 110 Å². The van der Waals surface area contributed by atoms with E-state index in [1.54, 1.807) is 11.5 Å². The minimum atomic E-state index is -0.405. The van der Waals surface area contributed by atoms with Crippen molar-refractivity contribution in [3.63, 3.8) is 0 Å². The van der Waals surface area contributed by atoms with Crippen molar-refractivity contribution in [3.05, 3.63) is 26.5 Å². The molecule has 96 valence electrons. The number of aryl methyl sites for hydroxylation is 1. The molecule has 2 unspecified atom stereocenters. The average molecular weight is 249 g/mol. The maximum atomic E-state index is 12.0. The molecule has 0 aromatic carbocycles. The number of rotatable bonds is 1. The van der Waals surface area contributed by atoms with Crippen LogP contribution >= 0.6 is 0 Å². The van der Waals surface area contributed by atoms with Gasteiger partial charge in [-0.15, -0.1) is 0 Å². The van der Waals surface area contributed by atoms with Crippen molar-refractivity contribution in [2.24, 2.45) is 5.73 Å². The van der Waals surface area contributed by atoms with Gasteiger partial charge in [-0.2, -0.15) is 5.10 Å². The van der Waals surface area contributed by atoms with Crippen LogP contribution in [0.2, 0.25) is 0 Å². The van der Waals surface area contributed by atoms with Gasteiger partial charge in [0.2, 0.25) is 0 Å². The lowest BCUT2D eigenvalue weighted by atomic mass is 10.2. The fraction of sp³-hybridized carbons (Fsp3) is 0.545. The molecule has 2 atom stereocenters. The Morgan fingerprint density at radius 2 is 2.17 bits per heavy atom. The van der Waals surface area contributed by atoms with Gasteiger partial charge < -0.3 is 5.73 Å². The van der Waals surface area contributed by atoms with E-state index >= 15 is 0 Å². The highest BCUT2D eigenvalue weighted by molar-refractivity contribution is 5.76. The molecule has 1 aliphatic rings. The molecule has 0 spiro atoms. The van der Waals surface area contributed by atoms with Gasteiger partial charge in [0.15, 0.2) is 5.65 Å². The Hall–Kier alpha value is -1.89. The minimum absolute atomic E-state index is 0.0227. The Kier molecular flexibility index (Phi) is 2.37. The van der Waals surface area contributed by atoms with E-state index in [1.807, 2.05) is 0 Å². The predicted molar refractivity (Wildman–Crippen MR) is 66.6 cm³/mol. The van der Waals surface area contributed by atoms with Crippen molar-refractivity contribution in [1.29, 1.82) is 0 Å². The van der Waals surface area contributed by atoms with E-state index in [-0.39, 0.29) is 17.6 Å². The maximum absolute atomic E-state index is 12.0. The highest BCUT2D eigenvalue weighted by Crippen LogP contribution is 2.29. The summed E-state index contributed by atoms with van der Waals surface area (Å²) in [7, 11) is 0. The summed E-state index contributed by atoms with van der Waals surface area (Å²) in [6.45, 7) is 1.76. The van der Waals surface area contributed by atoms with Crippen LogP contribution in [0.5, 0.6) is 0 Å². The van der Waals surface area contributed by atoms with Crippen LogP contribution in [0, 0.1) is 6.92 Å². The molecule has 2 aromatic heterocycles. The van der Waals surface area contributed by atoms with E-state index in [0.29, 0.717) is 16.7 Å². The molecule has 18 heavy (non-hydrogen) atoms. The monoisotopic (exact) mass is 249 g/mol. The first-order chi connectivity index (χ1) is 8.58. The van der Waals surface area contributed by atoms with E-state index in [0.717, 1.165) is 19.3 Å². The molecule has 0 amide bonds. The molecule has 2 heterocycles. The fourth-order valence-corrected chi connectivity index (χ4v) is 2.74. The third-order valence-corrected chi connectivity index (χ3v) is 3.63. The fourth-order valence-electron chi connectivity index (χ4n) is 2.74. The Morgan fingerprint density at radius 1 is 1.39 bits per heavy atom. The number of nitrogens with two attached hydrogens (primary N) is 1. The van der Waals surface area contributed by atoms with Gasteiger partial charge in [0.25, 0.3) is 5.56 Å². The van der Waals surface area contributed by atoms with Crippen LogP contribution in [0.25, 0.3) is 11.0 Å². The van der Waals surface area contributed by atoms with Crippen molar-refractivity contribution in [2.75, 3.05) is 0 Å². The lowest BCUT2D eigenvalue weighted by Gasteiger charge is -2.13. The summed E-state index contributed by atoms with van der Waals surface area (Å²) < 4.78 is 1.56. The number of H-pyrrole nitrogens is 2. The smallest absolute Gasteiger partial charge is 0.328 e. The molecular formula is C11H15N5O2. The largest absolute Gasteiger partial charge is 0.330 e. The highest BCUT2D eigenvalue weighted by Gasteiger charge is 2.27. The molecule has 0 aliphatic heterocycles. The van der Waals surface area contributed by atoms with Gasteiger partial charge in [-0.25, -0.2) is 4.79 Å². The Bertz CT molecular complexity index is 710. The summed E-state index contributed by atoms with van der Waals surface area (Å²) >= 11 is 0. The maximum Gasteiger partial charge on any atom is 0.330 e. The standard InChI is InChI=1S/C11H15N5O2/c1-5-8-9(15-14-5)16(11(18)13-10(8)17)7-3-2-6(12)4-7/h6-7H,2-4,12H2,1H3,(H,14,15)(H,13,17,18). The van der Waals surface area contributed by atoms with Crippen LogP contribution in [0.1, 0.15) is 31.0 Å². The summed E-state index contributed by atoms with van der Waals surface area (Å²) in [5.41, 5.74) is 6.18. The van der Waals surface area contributed by atoms with Crippen LogP contribution in [-0.4, -0.2) is 25.8 Å². The Morgan fingerprint density at radius 3 is 2.83 bits per heavy atom. The minimum Gasteiger partial charge on any atom is -0.328 e. The van der Waals surface area contributed by atoms with E-state index in [1.165, 1.54) is 0 Å². The normalized spacial score (nSPS) is 23.9. The van der Waals surface area contributed by atoms with Gasteiger partial charge in [-0.05, 0) is 26.2 Å². The van der Waals surface area contributed by atoms with Gasteiger partial charge in [-0.3, -0.25) is 19.4 Å². The van der Waals surface area contributed by atoms with Gasteiger partial charge in [0.1, 0.15) is 5.39 Å². The number of nitrogens with one attached hydrogen (secondary N) is 2. The number of nitrogens with zero attached hydrogens (tertiary/aromatic N) is 2. The number of aromatic nitrogens is 4. The van der Waals surface area contributed by atoms with Crippen LogP contribution in [0.3, 0.4) is 0 Å². The first-order valence-electron chi connectivity index (χ1n) is 6.03. The summed E-state index contributed by atoms with van der Waals surface area (Å²) in [4.78, 5) is 26.1. The zero-order chi connectivity index (χ0) is 12.9. The van der Waals surface area contributed by atoms with Crippen molar-refractivity contribution >= 4 is 11.0 Å². The van der Waals surface area contributed by atoms with Crippen LogP contribution in [0.15, 0.2) is 9.59 Å². The first kappa shape index (κ1) is 11.2.